The summed E-state index contributed by atoms with van der Waals surface area (Å²) in [6.07, 6.45) is 3.64. The Kier molecular flexibility index (Phi) is 4.59. The van der Waals surface area contributed by atoms with E-state index in [-0.39, 0.29) is 6.04 Å². The van der Waals surface area contributed by atoms with Crippen LogP contribution in [0.1, 0.15) is 24.1 Å². The highest BCUT2D eigenvalue weighted by Crippen LogP contribution is 2.22. The third kappa shape index (κ3) is 3.45. The smallest absolute Gasteiger partial charge is 0.0595 e. The van der Waals surface area contributed by atoms with Gasteiger partial charge >= 0.3 is 0 Å². The van der Waals surface area contributed by atoms with Gasteiger partial charge < -0.3 is 5.32 Å². The Morgan fingerprint density at radius 3 is 2.72 bits per heavy atom. The highest BCUT2D eigenvalue weighted by molar-refractivity contribution is 6.42. The minimum Gasteiger partial charge on any atom is -0.306 e. The van der Waals surface area contributed by atoms with Crippen LogP contribution < -0.4 is 5.32 Å². The molecule has 1 aromatic carbocycles. The fourth-order valence-corrected chi connectivity index (χ4v) is 1.99. The molecule has 1 heterocycles. The number of hydrogen-bond donors (Lipinski definition) is 1. The summed E-state index contributed by atoms with van der Waals surface area (Å²) >= 11 is 11.9. The predicted octanol–water partition coefficient (Wildman–Crippen LogP) is 4.24. The molecular weight excluding hydrogens is 267 g/mol. The van der Waals surface area contributed by atoms with Crippen molar-refractivity contribution in [2.24, 2.45) is 0 Å². The van der Waals surface area contributed by atoms with Crippen molar-refractivity contribution in [1.29, 1.82) is 0 Å². The third-order valence-corrected chi connectivity index (χ3v) is 3.52. The van der Waals surface area contributed by atoms with Gasteiger partial charge in [0.1, 0.15) is 0 Å². The summed E-state index contributed by atoms with van der Waals surface area (Å²) in [4.78, 5) is 4.11. The molecule has 2 rings (SSSR count). The SMILES string of the molecule is C[C@H](NCc1ccc(Cl)c(Cl)c1)c1cccnc1. The predicted molar refractivity (Wildman–Crippen MR) is 76.0 cm³/mol. The van der Waals surface area contributed by atoms with E-state index in [1.807, 2.05) is 30.5 Å². The van der Waals surface area contributed by atoms with Gasteiger partial charge in [0.15, 0.2) is 0 Å². The quantitative estimate of drug-likeness (QED) is 0.906. The summed E-state index contributed by atoms with van der Waals surface area (Å²) in [6.45, 7) is 2.85. The highest BCUT2D eigenvalue weighted by atomic mass is 35.5. The van der Waals surface area contributed by atoms with Gasteiger partial charge in [0.05, 0.1) is 10.0 Å². The van der Waals surface area contributed by atoms with Crippen LogP contribution in [0.25, 0.3) is 0 Å². The van der Waals surface area contributed by atoms with E-state index in [2.05, 4.69) is 23.3 Å². The number of aromatic nitrogens is 1. The summed E-state index contributed by atoms with van der Waals surface area (Å²) in [5.41, 5.74) is 2.28. The first kappa shape index (κ1) is 13.3. The van der Waals surface area contributed by atoms with E-state index in [0.717, 1.165) is 17.7 Å². The molecular formula is C14H14Cl2N2. The highest BCUT2D eigenvalue weighted by Gasteiger charge is 2.05. The maximum atomic E-state index is 5.98. The minimum absolute atomic E-state index is 0.244. The lowest BCUT2D eigenvalue weighted by atomic mass is 10.1. The average Bonchev–Trinajstić information content (AvgIpc) is 2.41. The van der Waals surface area contributed by atoms with Crippen molar-refractivity contribution in [3.05, 3.63) is 63.9 Å². The molecule has 0 fully saturated rings. The monoisotopic (exact) mass is 280 g/mol. The maximum Gasteiger partial charge on any atom is 0.0595 e. The molecule has 0 bridgehead atoms. The molecule has 0 aliphatic heterocycles. The fourth-order valence-electron chi connectivity index (χ4n) is 1.67. The number of pyridine rings is 1. The van der Waals surface area contributed by atoms with Crippen LogP contribution in [0.3, 0.4) is 0 Å². The fraction of sp³-hybridized carbons (Fsp3) is 0.214. The molecule has 0 radical (unpaired) electrons. The van der Waals surface area contributed by atoms with Crippen molar-refractivity contribution in [2.45, 2.75) is 19.5 Å². The molecule has 0 spiro atoms. The average molecular weight is 281 g/mol. The van der Waals surface area contributed by atoms with Gasteiger partial charge in [0.2, 0.25) is 0 Å². The van der Waals surface area contributed by atoms with Gasteiger partial charge in [-0.15, -0.1) is 0 Å². The second-order valence-corrected chi connectivity index (χ2v) is 4.95. The number of rotatable bonds is 4. The molecule has 94 valence electrons. The van der Waals surface area contributed by atoms with Gasteiger partial charge in [0, 0.05) is 25.0 Å². The van der Waals surface area contributed by atoms with E-state index in [1.165, 1.54) is 0 Å². The number of halogens is 2. The molecule has 1 N–H and O–H groups in total. The van der Waals surface area contributed by atoms with E-state index < -0.39 is 0 Å². The van der Waals surface area contributed by atoms with Gasteiger partial charge in [0.25, 0.3) is 0 Å². The number of nitrogens with zero attached hydrogens (tertiary/aromatic N) is 1. The van der Waals surface area contributed by atoms with Crippen LogP contribution in [0.2, 0.25) is 10.0 Å². The van der Waals surface area contributed by atoms with Crippen molar-refractivity contribution < 1.29 is 0 Å². The Morgan fingerprint density at radius 2 is 2.06 bits per heavy atom. The van der Waals surface area contributed by atoms with Crippen LogP contribution in [0.4, 0.5) is 0 Å². The summed E-state index contributed by atoms with van der Waals surface area (Å²) < 4.78 is 0. The summed E-state index contributed by atoms with van der Waals surface area (Å²) in [5, 5.41) is 4.59. The van der Waals surface area contributed by atoms with Crippen LogP contribution in [0.5, 0.6) is 0 Å². The van der Waals surface area contributed by atoms with Crippen LogP contribution in [-0.4, -0.2) is 4.98 Å². The second kappa shape index (κ2) is 6.19. The summed E-state index contributed by atoms with van der Waals surface area (Å²) in [7, 11) is 0. The molecule has 4 heteroatoms. The van der Waals surface area contributed by atoms with Gasteiger partial charge in [-0.3, -0.25) is 4.98 Å². The lowest BCUT2D eigenvalue weighted by molar-refractivity contribution is 0.573. The third-order valence-electron chi connectivity index (χ3n) is 2.78. The zero-order chi connectivity index (χ0) is 13.0. The van der Waals surface area contributed by atoms with Crippen LogP contribution >= 0.6 is 23.2 Å². The molecule has 0 saturated carbocycles. The minimum atomic E-state index is 0.244. The van der Waals surface area contributed by atoms with Gasteiger partial charge in [-0.25, -0.2) is 0 Å². The van der Waals surface area contributed by atoms with E-state index in [4.69, 9.17) is 23.2 Å². The molecule has 2 aromatic rings. The van der Waals surface area contributed by atoms with Crippen molar-refractivity contribution in [2.75, 3.05) is 0 Å². The van der Waals surface area contributed by atoms with Crippen LogP contribution in [0, 0.1) is 0 Å². The van der Waals surface area contributed by atoms with Crippen molar-refractivity contribution in [3.63, 3.8) is 0 Å². The van der Waals surface area contributed by atoms with Gasteiger partial charge in [-0.1, -0.05) is 35.3 Å². The Hall–Kier alpha value is -1.09. The molecule has 1 atom stereocenters. The van der Waals surface area contributed by atoms with Crippen molar-refractivity contribution >= 4 is 23.2 Å². The van der Waals surface area contributed by atoms with Crippen molar-refractivity contribution in [1.82, 2.24) is 10.3 Å². The molecule has 0 unspecified atom stereocenters. The standard InChI is InChI=1S/C14H14Cl2N2/c1-10(12-3-2-6-17-9-12)18-8-11-4-5-13(15)14(16)7-11/h2-7,9-10,18H,8H2,1H3/t10-/m0/s1. The zero-order valence-corrected chi connectivity index (χ0v) is 11.5. The summed E-state index contributed by atoms with van der Waals surface area (Å²) in [5.74, 6) is 0. The molecule has 18 heavy (non-hydrogen) atoms. The Morgan fingerprint density at radius 1 is 1.22 bits per heavy atom. The van der Waals surface area contributed by atoms with Crippen LogP contribution in [0.15, 0.2) is 42.7 Å². The van der Waals surface area contributed by atoms with E-state index in [0.29, 0.717) is 10.0 Å². The Bertz CT molecular complexity index is 514. The van der Waals surface area contributed by atoms with E-state index in [9.17, 15) is 0 Å². The van der Waals surface area contributed by atoms with Gasteiger partial charge in [-0.2, -0.15) is 0 Å². The number of nitrogens with one attached hydrogen (secondary N) is 1. The molecule has 0 amide bonds. The summed E-state index contributed by atoms with van der Waals surface area (Å²) in [6, 6.07) is 9.90. The molecule has 0 aliphatic carbocycles. The first-order valence-electron chi connectivity index (χ1n) is 5.74. The van der Waals surface area contributed by atoms with Crippen molar-refractivity contribution in [3.8, 4) is 0 Å². The Labute approximate surface area is 117 Å². The Balaban J connectivity index is 1.97. The maximum absolute atomic E-state index is 5.98. The lowest BCUT2D eigenvalue weighted by Gasteiger charge is -2.14. The number of hydrogen-bond acceptors (Lipinski definition) is 2. The first-order chi connectivity index (χ1) is 8.66. The van der Waals surface area contributed by atoms with E-state index >= 15 is 0 Å². The number of benzene rings is 1. The molecule has 0 aliphatic rings. The molecule has 2 nitrogen and oxygen atoms in total. The second-order valence-electron chi connectivity index (χ2n) is 4.14. The largest absolute Gasteiger partial charge is 0.306 e. The first-order valence-corrected chi connectivity index (χ1v) is 6.49. The normalized spacial score (nSPS) is 12.4. The zero-order valence-electron chi connectivity index (χ0n) is 10.0. The lowest BCUT2D eigenvalue weighted by Crippen LogP contribution is -2.18. The molecule has 1 aromatic heterocycles. The van der Waals surface area contributed by atoms with Crippen LogP contribution in [-0.2, 0) is 6.54 Å². The van der Waals surface area contributed by atoms with E-state index in [1.54, 1.807) is 6.20 Å². The molecule has 0 saturated heterocycles. The van der Waals surface area contributed by atoms with Gasteiger partial charge in [-0.05, 0) is 36.2 Å². The topological polar surface area (TPSA) is 24.9 Å².